The van der Waals surface area contributed by atoms with E-state index in [-0.39, 0.29) is 0 Å². The lowest BCUT2D eigenvalue weighted by atomic mass is 9.90. The Kier molecular flexibility index (Phi) is 1.72. The quantitative estimate of drug-likeness (QED) is 0.501. The van der Waals surface area contributed by atoms with Crippen LogP contribution in [0.4, 0.5) is 0 Å². The van der Waals surface area contributed by atoms with Crippen LogP contribution in [0.15, 0.2) is 11.1 Å². The van der Waals surface area contributed by atoms with E-state index in [0.29, 0.717) is 11.8 Å². The normalized spacial score (nSPS) is 38.4. The molecule has 2 saturated carbocycles. The Balaban J connectivity index is 2.33. The van der Waals surface area contributed by atoms with Gasteiger partial charge in [0.05, 0.1) is 12.0 Å². The summed E-state index contributed by atoms with van der Waals surface area (Å²) in [4.78, 5) is 0. The van der Waals surface area contributed by atoms with Gasteiger partial charge >= 0.3 is 0 Å². The molecular formula is C11H15N. The molecule has 3 atom stereocenters. The van der Waals surface area contributed by atoms with Crippen LogP contribution in [-0.2, 0) is 0 Å². The van der Waals surface area contributed by atoms with Gasteiger partial charge in [-0.05, 0) is 44.9 Å². The lowest BCUT2D eigenvalue weighted by Crippen LogP contribution is -2.07. The fraction of sp³-hybridized carbons (Fsp3) is 0.727. The number of nitriles is 1. The Bertz CT molecular complexity index is 265. The van der Waals surface area contributed by atoms with Gasteiger partial charge in [-0.2, -0.15) is 5.26 Å². The molecule has 1 nitrogen and oxygen atoms in total. The van der Waals surface area contributed by atoms with Crippen molar-refractivity contribution in [1.82, 2.24) is 0 Å². The molecule has 2 aliphatic rings. The largest absolute Gasteiger partial charge is 0.198 e. The summed E-state index contributed by atoms with van der Waals surface area (Å²) in [7, 11) is 0. The van der Waals surface area contributed by atoms with E-state index in [9.17, 15) is 0 Å². The van der Waals surface area contributed by atoms with Gasteiger partial charge in [0.15, 0.2) is 0 Å². The molecule has 0 heterocycles. The van der Waals surface area contributed by atoms with E-state index >= 15 is 0 Å². The van der Waals surface area contributed by atoms with Crippen LogP contribution < -0.4 is 0 Å². The van der Waals surface area contributed by atoms with E-state index in [1.54, 1.807) is 5.57 Å². The van der Waals surface area contributed by atoms with Crippen LogP contribution in [0.5, 0.6) is 0 Å². The van der Waals surface area contributed by atoms with E-state index in [2.05, 4.69) is 19.9 Å². The summed E-state index contributed by atoms with van der Waals surface area (Å²) >= 11 is 0. The van der Waals surface area contributed by atoms with Gasteiger partial charge in [-0.25, -0.2) is 0 Å². The topological polar surface area (TPSA) is 23.8 Å². The minimum absolute atomic E-state index is 0.341. The molecule has 0 aromatic rings. The summed E-state index contributed by atoms with van der Waals surface area (Å²) < 4.78 is 0. The third-order valence-electron chi connectivity index (χ3n) is 3.43. The summed E-state index contributed by atoms with van der Waals surface area (Å²) in [5, 5.41) is 8.92. The van der Waals surface area contributed by atoms with Gasteiger partial charge < -0.3 is 0 Å². The van der Waals surface area contributed by atoms with Crippen molar-refractivity contribution in [3.63, 3.8) is 0 Å². The first-order chi connectivity index (χ1) is 5.74. The van der Waals surface area contributed by atoms with Crippen LogP contribution in [0.2, 0.25) is 0 Å². The third-order valence-corrected chi connectivity index (χ3v) is 3.43. The summed E-state index contributed by atoms with van der Waals surface area (Å²) in [6.45, 7) is 4.39. The van der Waals surface area contributed by atoms with Crippen molar-refractivity contribution in [3.8, 4) is 6.07 Å². The average Bonchev–Trinajstić information content (AvgIpc) is 2.59. The second kappa shape index (κ2) is 2.62. The highest BCUT2D eigenvalue weighted by molar-refractivity contribution is 5.28. The van der Waals surface area contributed by atoms with Crippen LogP contribution in [0, 0.1) is 29.1 Å². The molecule has 2 rings (SSSR count). The molecule has 0 aromatic carbocycles. The van der Waals surface area contributed by atoms with Crippen molar-refractivity contribution >= 4 is 0 Å². The number of allylic oxidation sites excluding steroid dienone is 2. The standard InChI is InChI=1S/C11H15N/c1-7(2)11-8-3-4-10(11)9(5-8)6-12/h8-10H,3-5H2,1-2H3. The first kappa shape index (κ1) is 7.86. The summed E-state index contributed by atoms with van der Waals surface area (Å²) in [5.41, 5.74) is 3.10. The minimum Gasteiger partial charge on any atom is -0.198 e. The molecule has 12 heavy (non-hydrogen) atoms. The number of rotatable bonds is 0. The minimum atomic E-state index is 0.341. The zero-order valence-corrected chi connectivity index (χ0v) is 7.80. The van der Waals surface area contributed by atoms with Gasteiger partial charge in [0.1, 0.15) is 0 Å². The smallest absolute Gasteiger partial charge is 0.0662 e. The maximum atomic E-state index is 8.92. The molecule has 2 bridgehead atoms. The number of hydrogen-bond acceptors (Lipinski definition) is 1. The predicted molar refractivity (Wildman–Crippen MR) is 48.3 cm³/mol. The molecule has 0 N–H and O–H groups in total. The Morgan fingerprint density at radius 2 is 2.17 bits per heavy atom. The number of nitrogens with zero attached hydrogens (tertiary/aromatic N) is 1. The van der Waals surface area contributed by atoms with Crippen molar-refractivity contribution in [2.45, 2.75) is 33.1 Å². The van der Waals surface area contributed by atoms with Crippen molar-refractivity contribution in [2.75, 3.05) is 0 Å². The molecule has 0 radical (unpaired) electrons. The maximum absolute atomic E-state index is 8.92. The van der Waals surface area contributed by atoms with Crippen LogP contribution in [-0.4, -0.2) is 0 Å². The van der Waals surface area contributed by atoms with E-state index in [1.807, 2.05) is 0 Å². The lowest BCUT2D eigenvalue weighted by Gasteiger charge is -2.12. The molecule has 64 valence electrons. The molecule has 0 amide bonds. The van der Waals surface area contributed by atoms with Crippen LogP contribution in [0.25, 0.3) is 0 Å². The van der Waals surface area contributed by atoms with Crippen LogP contribution in [0.3, 0.4) is 0 Å². The van der Waals surface area contributed by atoms with Gasteiger partial charge in [0.2, 0.25) is 0 Å². The van der Waals surface area contributed by atoms with Gasteiger partial charge in [-0.1, -0.05) is 11.1 Å². The van der Waals surface area contributed by atoms with Gasteiger partial charge in [-0.3, -0.25) is 0 Å². The highest BCUT2D eigenvalue weighted by Gasteiger charge is 2.44. The van der Waals surface area contributed by atoms with Crippen molar-refractivity contribution in [2.24, 2.45) is 17.8 Å². The number of fused-ring (bicyclic) bond motifs is 2. The highest BCUT2D eigenvalue weighted by atomic mass is 14.5. The van der Waals surface area contributed by atoms with Gasteiger partial charge in [0.25, 0.3) is 0 Å². The van der Waals surface area contributed by atoms with Crippen molar-refractivity contribution in [3.05, 3.63) is 11.1 Å². The number of hydrogen-bond donors (Lipinski definition) is 0. The second-order valence-corrected chi connectivity index (χ2v) is 4.31. The Morgan fingerprint density at radius 3 is 2.58 bits per heavy atom. The maximum Gasteiger partial charge on any atom is 0.0662 e. The predicted octanol–water partition coefficient (Wildman–Crippen LogP) is 2.89. The van der Waals surface area contributed by atoms with Gasteiger partial charge in [0, 0.05) is 0 Å². The van der Waals surface area contributed by atoms with E-state index in [4.69, 9.17) is 5.26 Å². The van der Waals surface area contributed by atoms with Crippen LogP contribution in [0.1, 0.15) is 33.1 Å². The monoisotopic (exact) mass is 161 g/mol. The molecule has 2 aliphatic carbocycles. The lowest BCUT2D eigenvalue weighted by molar-refractivity contribution is 0.404. The SMILES string of the molecule is CC(C)=C1C2CCC1C(C#N)C2. The van der Waals surface area contributed by atoms with Crippen molar-refractivity contribution < 1.29 is 0 Å². The molecule has 0 spiro atoms. The highest BCUT2D eigenvalue weighted by Crippen LogP contribution is 2.53. The van der Waals surface area contributed by atoms with Gasteiger partial charge in [-0.15, -0.1) is 0 Å². The van der Waals surface area contributed by atoms with E-state index < -0.39 is 0 Å². The zero-order chi connectivity index (χ0) is 8.72. The Morgan fingerprint density at radius 1 is 1.42 bits per heavy atom. The zero-order valence-electron chi connectivity index (χ0n) is 7.80. The molecule has 2 fully saturated rings. The Hall–Kier alpha value is -0.770. The molecule has 1 heteroatoms. The summed E-state index contributed by atoms with van der Waals surface area (Å²) in [6.07, 6.45) is 3.74. The molecule has 3 unspecified atom stereocenters. The summed E-state index contributed by atoms with van der Waals surface area (Å²) in [6, 6.07) is 2.45. The van der Waals surface area contributed by atoms with E-state index in [1.165, 1.54) is 18.4 Å². The first-order valence-electron chi connectivity index (χ1n) is 4.81. The van der Waals surface area contributed by atoms with E-state index in [0.717, 1.165) is 12.3 Å². The third kappa shape index (κ3) is 0.909. The van der Waals surface area contributed by atoms with Crippen LogP contribution >= 0.6 is 0 Å². The molecule has 0 aromatic heterocycles. The fourth-order valence-electron chi connectivity index (χ4n) is 3.05. The average molecular weight is 161 g/mol. The molecule has 0 saturated heterocycles. The summed E-state index contributed by atoms with van der Waals surface area (Å²) in [5.74, 6) is 1.74. The molecular weight excluding hydrogens is 146 g/mol. The second-order valence-electron chi connectivity index (χ2n) is 4.31. The Labute approximate surface area is 74.1 Å². The first-order valence-corrected chi connectivity index (χ1v) is 4.81. The van der Waals surface area contributed by atoms with Crippen molar-refractivity contribution in [1.29, 1.82) is 5.26 Å². The molecule has 0 aliphatic heterocycles. The fourth-order valence-corrected chi connectivity index (χ4v) is 3.05.